The number of hydrogen-bond donors (Lipinski definition) is 3. The lowest BCUT2D eigenvalue weighted by molar-refractivity contribution is -0.130. The van der Waals surface area contributed by atoms with Crippen molar-refractivity contribution in [2.75, 3.05) is 14.2 Å². The number of nitrogens with one attached hydrogen (secondary N) is 2. The van der Waals surface area contributed by atoms with E-state index in [4.69, 9.17) is 10.5 Å². The van der Waals surface area contributed by atoms with Crippen LogP contribution in [0.3, 0.4) is 0 Å². The Balaban J connectivity index is 1.96. The van der Waals surface area contributed by atoms with Crippen LogP contribution in [0.1, 0.15) is 18.4 Å². The Hall–Kier alpha value is -2.54. The standard InChI is InChI=1S/C17H22N4O3/c1-19-15(22)13-9-17(16(18)23,12-7-8-12)21(20-13)10-11-5-3-4-6-14(11)24-2/h3-6,9,12,20H,7-8,10H2,1-2H3,(H2,18,23)(H,19,22). The van der Waals surface area contributed by atoms with E-state index in [0.717, 1.165) is 24.2 Å². The average molecular weight is 330 g/mol. The summed E-state index contributed by atoms with van der Waals surface area (Å²) in [6, 6.07) is 7.58. The Bertz CT molecular complexity index is 699. The molecule has 2 amide bonds. The summed E-state index contributed by atoms with van der Waals surface area (Å²) in [4.78, 5) is 24.4. The lowest BCUT2D eigenvalue weighted by Gasteiger charge is -2.35. The number of nitrogens with zero attached hydrogens (tertiary/aromatic N) is 1. The zero-order chi connectivity index (χ0) is 17.3. The molecule has 0 radical (unpaired) electrons. The van der Waals surface area contributed by atoms with Crippen LogP contribution in [0, 0.1) is 5.92 Å². The number of ether oxygens (including phenoxy) is 1. The number of hydrazine groups is 1. The van der Waals surface area contributed by atoms with Crippen LogP contribution in [0.5, 0.6) is 5.75 Å². The van der Waals surface area contributed by atoms with Gasteiger partial charge < -0.3 is 21.2 Å². The molecule has 3 rings (SSSR count). The van der Waals surface area contributed by atoms with Crippen molar-refractivity contribution in [1.29, 1.82) is 0 Å². The van der Waals surface area contributed by atoms with Crippen LogP contribution in [0.15, 0.2) is 36.0 Å². The highest BCUT2D eigenvalue weighted by atomic mass is 16.5. The molecule has 1 aromatic carbocycles. The van der Waals surface area contributed by atoms with Gasteiger partial charge in [0.1, 0.15) is 17.0 Å². The maximum absolute atomic E-state index is 12.3. The average Bonchev–Trinajstić information content (AvgIpc) is 3.37. The first-order valence-electron chi connectivity index (χ1n) is 7.94. The monoisotopic (exact) mass is 330 g/mol. The van der Waals surface area contributed by atoms with Crippen molar-refractivity contribution in [3.05, 3.63) is 41.6 Å². The molecule has 1 aliphatic carbocycles. The molecule has 0 bridgehead atoms. The van der Waals surface area contributed by atoms with E-state index in [1.807, 2.05) is 24.3 Å². The summed E-state index contributed by atoms with van der Waals surface area (Å²) >= 11 is 0. The third kappa shape index (κ3) is 2.60. The molecule has 0 aromatic heterocycles. The van der Waals surface area contributed by atoms with Crippen LogP contribution < -0.4 is 21.2 Å². The van der Waals surface area contributed by atoms with E-state index in [9.17, 15) is 9.59 Å². The fraction of sp³-hybridized carbons (Fsp3) is 0.412. The highest BCUT2D eigenvalue weighted by Gasteiger charge is 2.56. The minimum Gasteiger partial charge on any atom is -0.496 e. The molecule has 4 N–H and O–H groups in total. The van der Waals surface area contributed by atoms with E-state index < -0.39 is 11.4 Å². The van der Waals surface area contributed by atoms with Gasteiger partial charge in [0.05, 0.1) is 7.11 Å². The quantitative estimate of drug-likeness (QED) is 0.696. The summed E-state index contributed by atoms with van der Waals surface area (Å²) in [5.41, 5.74) is 9.08. The molecule has 1 aliphatic heterocycles. The van der Waals surface area contributed by atoms with Crippen LogP contribution >= 0.6 is 0 Å². The van der Waals surface area contributed by atoms with Crippen LogP contribution in [0.4, 0.5) is 0 Å². The molecular formula is C17H22N4O3. The predicted octanol–water partition coefficient (Wildman–Crippen LogP) is 0.279. The van der Waals surface area contributed by atoms with Gasteiger partial charge in [-0.3, -0.25) is 9.59 Å². The first kappa shape index (κ1) is 16.3. The maximum atomic E-state index is 12.3. The Morgan fingerprint density at radius 3 is 2.71 bits per heavy atom. The van der Waals surface area contributed by atoms with E-state index in [1.165, 1.54) is 0 Å². The van der Waals surface area contributed by atoms with Crippen molar-refractivity contribution in [2.24, 2.45) is 11.7 Å². The van der Waals surface area contributed by atoms with Gasteiger partial charge >= 0.3 is 0 Å². The van der Waals surface area contributed by atoms with E-state index in [-0.39, 0.29) is 11.8 Å². The molecule has 0 saturated heterocycles. The number of amides is 2. The molecule has 1 heterocycles. The molecule has 1 unspecified atom stereocenters. The van der Waals surface area contributed by atoms with Crippen LogP contribution in [-0.2, 0) is 16.1 Å². The van der Waals surface area contributed by atoms with E-state index in [1.54, 1.807) is 25.2 Å². The Morgan fingerprint density at radius 2 is 2.12 bits per heavy atom. The number of carbonyl (C=O) groups is 2. The molecule has 1 saturated carbocycles. The molecule has 1 fully saturated rings. The number of benzene rings is 1. The fourth-order valence-corrected chi connectivity index (χ4v) is 3.26. The largest absolute Gasteiger partial charge is 0.496 e. The van der Waals surface area contributed by atoms with Crippen molar-refractivity contribution >= 4 is 11.8 Å². The molecule has 1 aromatic rings. The van der Waals surface area contributed by atoms with Crippen LogP contribution in [0.2, 0.25) is 0 Å². The molecular weight excluding hydrogens is 308 g/mol. The molecule has 128 valence electrons. The first-order chi connectivity index (χ1) is 11.5. The van der Waals surface area contributed by atoms with E-state index in [0.29, 0.717) is 12.2 Å². The topological polar surface area (TPSA) is 96.7 Å². The summed E-state index contributed by atoms with van der Waals surface area (Å²) in [5.74, 6) is 0.108. The first-order valence-corrected chi connectivity index (χ1v) is 7.94. The smallest absolute Gasteiger partial charge is 0.268 e. The van der Waals surface area contributed by atoms with Gasteiger partial charge in [-0.2, -0.15) is 5.01 Å². The summed E-state index contributed by atoms with van der Waals surface area (Å²) in [6.45, 7) is 0.389. The number of likely N-dealkylation sites (N-methyl/N-ethyl adjacent to an activating group) is 1. The molecule has 24 heavy (non-hydrogen) atoms. The third-order valence-corrected chi connectivity index (χ3v) is 4.65. The second-order valence-corrected chi connectivity index (χ2v) is 6.11. The number of methoxy groups -OCH3 is 1. The number of carbonyl (C=O) groups excluding carboxylic acids is 2. The molecule has 7 nitrogen and oxygen atoms in total. The van der Waals surface area contributed by atoms with Gasteiger partial charge in [0.15, 0.2) is 0 Å². The Labute approximate surface area is 140 Å². The number of para-hydroxylation sites is 1. The highest BCUT2D eigenvalue weighted by molar-refractivity contribution is 5.97. The van der Waals surface area contributed by atoms with Crippen molar-refractivity contribution < 1.29 is 14.3 Å². The highest BCUT2D eigenvalue weighted by Crippen LogP contribution is 2.46. The summed E-state index contributed by atoms with van der Waals surface area (Å²) in [5, 5.41) is 4.34. The van der Waals surface area contributed by atoms with Crippen LogP contribution in [-0.4, -0.2) is 36.5 Å². The lowest BCUT2D eigenvalue weighted by atomic mass is 9.91. The number of primary amides is 1. The second-order valence-electron chi connectivity index (χ2n) is 6.11. The molecule has 2 aliphatic rings. The van der Waals surface area contributed by atoms with Gasteiger partial charge in [0, 0.05) is 19.2 Å². The zero-order valence-electron chi connectivity index (χ0n) is 13.8. The van der Waals surface area contributed by atoms with Crippen LogP contribution in [0.25, 0.3) is 0 Å². The van der Waals surface area contributed by atoms with Gasteiger partial charge in [-0.15, -0.1) is 0 Å². The van der Waals surface area contributed by atoms with Gasteiger partial charge in [-0.05, 0) is 30.9 Å². The second kappa shape index (κ2) is 6.16. The van der Waals surface area contributed by atoms with Gasteiger partial charge in [0.2, 0.25) is 5.91 Å². The SMILES string of the molecule is CNC(=O)C1=CC(C(N)=O)(C2CC2)N(Cc2ccccc2OC)N1. The molecule has 0 spiro atoms. The normalized spacial score (nSPS) is 23.3. The number of nitrogens with two attached hydrogens (primary N) is 1. The van der Waals surface area contributed by atoms with Crippen molar-refractivity contribution in [3.63, 3.8) is 0 Å². The summed E-state index contributed by atoms with van der Waals surface area (Å²) < 4.78 is 5.39. The lowest BCUT2D eigenvalue weighted by Crippen LogP contribution is -2.58. The minimum atomic E-state index is -0.997. The molecule has 7 heteroatoms. The van der Waals surface area contributed by atoms with E-state index >= 15 is 0 Å². The zero-order valence-corrected chi connectivity index (χ0v) is 13.8. The van der Waals surface area contributed by atoms with Gasteiger partial charge in [-0.25, -0.2) is 0 Å². The number of hydrogen-bond acceptors (Lipinski definition) is 5. The minimum absolute atomic E-state index is 0.111. The van der Waals surface area contributed by atoms with Crippen molar-refractivity contribution in [2.45, 2.75) is 24.9 Å². The third-order valence-electron chi connectivity index (χ3n) is 4.65. The van der Waals surface area contributed by atoms with Gasteiger partial charge in [0.25, 0.3) is 5.91 Å². The van der Waals surface area contributed by atoms with Crippen molar-refractivity contribution in [1.82, 2.24) is 15.8 Å². The number of rotatable bonds is 6. The molecule has 1 atom stereocenters. The van der Waals surface area contributed by atoms with Crippen molar-refractivity contribution in [3.8, 4) is 5.75 Å². The summed E-state index contributed by atoms with van der Waals surface area (Å²) in [6.07, 6.45) is 3.48. The fourth-order valence-electron chi connectivity index (χ4n) is 3.26. The van der Waals surface area contributed by atoms with E-state index in [2.05, 4.69) is 10.7 Å². The summed E-state index contributed by atoms with van der Waals surface area (Å²) in [7, 11) is 3.16. The predicted molar refractivity (Wildman–Crippen MR) is 88.5 cm³/mol. The Morgan fingerprint density at radius 1 is 1.42 bits per heavy atom. The Kier molecular flexibility index (Phi) is 4.19. The van der Waals surface area contributed by atoms with Gasteiger partial charge in [-0.1, -0.05) is 18.2 Å². The maximum Gasteiger partial charge on any atom is 0.268 e.